The zero-order valence-corrected chi connectivity index (χ0v) is 15.1. The molecule has 0 unspecified atom stereocenters. The highest BCUT2D eigenvalue weighted by molar-refractivity contribution is 5.94. The van der Waals surface area contributed by atoms with Crippen molar-refractivity contribution in [2.45, 2.75) is 32.7 Å². The number of rotatable bonds is 7. The lowest BCUT2D eigenvalue weighted by Gasteiger charge is -2.32. The van der Waals surface area contributed by atoms with Gasteiger partial charge in [0.1, 0.15) is 5.75 Å². The van der Waals surface area contributed by atoms with E-state index >= 15 is 0 Å². The van der Waals surface area contributed by atoms with Crippen LogP contribution in [0.15, 0.2) is 42.7 Å². The number of Topliss-reactive ketones (excluding diaryl/α,β-unsaturated/α-hetero) is 1. The smallest absolute Gasteiger partial charge is 0.260 e. The van der Waals surface area contributed by atoms with Gasteiger partial charge < -0.3 is 9.64 Å². The summed E-state index contributed by atoms with van der Waals surface area (Å²) in [4.78, 5) is 25.5. The molecule has 2 heterocycles. The first kappa shape index (κ1) is 18.2. The van der Waals surface area contributed by atoms with Crippen LogP contribution >= 0.6 is 0 Å². The molecule has 0 radical (unpaired) electrons. The Bertz CT molecular complexity index is 717. The van der Waals surface area contributed by atoms with Crippen molar-refractivity contribution in [3.63, 3.8) is 0 Å². The third kappa shape index (κ3) is 4.94. The van der Waals surface area contributed by atoms with Crippen LogP contribution in [0, 0.1) is 5.92 Å². The number of nitrogens with zero attached hydrogens (tertiary/aromatic N) is 3. The largest absolute Gasteiger partial charge is 0.484 e. The van der Waals surface area contributed by atoms with E-state index in [-0.39, 0.29) is 18.3 Å². The van der Waals surface area contributed by atoms with E-state index in [1.54, 1.807) is 30.5 Å². The summed E-state index contributed by atoms with van der Waals surface area (Å²) in [5.41, 5.74) is 0.640. The number of piperidine rings is 1. The third-order valence-corrected chi connectivity index (χ3v) is 4.92. The van der Waals surface area contributed by atoms with Crippen molar-refractivity contribution < 1.29 is 14.3 Å². The Morgan fingerprint density at radius 3 is 2.54 bits per heavy atom. The molecule has 1 aliphatic rings. The van der Waals surface area contributed by atoms with Gasteiger partial charge in [-0.3, -0.25) is 14.3 Å². The number of hydrogen-bond donors (Lipinski definition) is 0. The van der Waals surface area contributed by atoms with E-state index in [0.29, 0.717) is 17.2 Å². The molecule has 6 heteroatoms. The van der Waals surface area contributed by atoms with E-state index in [1.807, 2.05) is 21.8 Å². The van der Waals surface area contributed by atoms with Gasteiger partial charge in [0.15, 0.2) is 12.4 Å². The predicted molar refractivity (Wildman–Crippen MR) is 98.1 cm³/mol. The summed E-state index contributed by atoms with van der Waals surface area (Å²) in [7, 11) is 0. The van der Waals surface area contributed by atoms with Crippen LogP contribution in [0.3, 0.4) is 0 Å². The first-order valence-electron chi connectivity index (χ1n) is 9.11. The summed E-state index contributed by atoms with van der Waals surface area (Å²) in [5.74, 6) is 1.29. The molecule has 0 N–H and O–H groups in total. The van der Waals surface area contributed by atoms with Gasteiger partial charge in [0.25, 0.3) is 5.91 Å². The number of hydrogen-bond acceptors (Lipinski definition) is 4. The standard InChI is InChI=1S/C20H25N3O3/c1-16(24)18-3-5-19(6-4-18)26-15-20(25)22-12-7-17(8-13-22)9-14-23-11-2-10-21-23/h2-6,10-11,17H,7-9,12-15H2,1H3. The molecule has 138 valence electrons. The third-order valence-electron chi connectivity index (χ3n) is 4.92. The van der Waals surface area contributed by atoms with Crippen LogP contribution in [0.4, 0.5) is 0 Å². The van der Waals surface area contributed by atoms with Crippen LogP contribution in [-0.2, 0) is 11.3 Å². The molecule has 0 saturated carbocycles. The minimum Gasteiger partial charge on any atom is -0.484 e. The maximum atomic E-state index is 12.3. The monoisotopic (exact) mass is 355 g/mol. The first-order valence-corrected chi connectivity index (χ1v) is 9.11. The van der Waals surface area contributed by atoms with Gasteiger partial charge >= 0.3 is 0 Å². The van der Waals surface area contributed by atoms with Gasteiger partial charge in [-0.1, -0.05) is 0 Å². The van der Waals surface area contributed by atoms with E-state index in [2.05, 4.69) is 5.10 Å². The van der Waals surface area contributed by atoms with Crippen LogP contribution in [0.2, 0.25) is 0 Å². The fourth-order valence-corrected chi connectivity index (χ4v) is 3.24. The van der Waals surface area contributed by atoms with Crippen molar-refractivity contribution in [3.8, 4) is 5.75 Å². The Hall–Kier alpha value is -2.63. The average Bonchev–Trinajstić information content (AvgIpc) is 3.19. The van der Waals surface area contributed by atoms with E-state index in [9.17, 15) is 9.59 Å². The molecule has 2 aromatic rings. The Morgan fingerprint density at radius 1 is 1.19 bits per heavy atom. The minimum absolute atomic E-state index is 0.0167. The quantitative estimate of drug-likeness (QED) is 0.717. The normalized spacial score (nSPS) is 15.0. The number of carbonyl (C=O) groups is 2. The number of likely N-dealkylation sites (tertiary alicyclic amines) is 1. The number of ketones is 1. The average molecular weight is 355 g/mol. The summed E-state index contributed by atoms with van der Waals surface area (Å²) in [6, 6.07) is 8.83. The van der Waals surface area contributed by atoms with Gasteiger partial charge in [0.2, 0.25) is 0 Å². The second-order valence-corrected chi connectivity index (χ2v) is 6.75. The maximum absolute atomic E-state index is 12.3. The van der Waals surface area contributed by atoms with Crippen molar-refractivity contribution in [1.29, 1.82) is 0 Å². The summed E-state index contributed by atoms with van der Waals surface area (Å²) in [6.45, 7) is 4.07. The zero-order chi connectivity index (χ0) is 18.4. The Labute approximate surface area is 153 Å². The van der Waals surface area contributed by atoms with Gasteiger partial charge in [-0.2, -0.15) is 5.10 Å². The van der Waals surface area contributed by atoms with Gasteiger partial charge in [-0.05, 0) is 62.4 Å². The molecule has 1 aromatic carbocycles. The lowest BCUT2D eigenvalue weighted by atomic mass is 9.93. The summed E-state index contributed by atoms with van der Waals surface area (Å²) < 4.78 is 7.53. The van der Waals surface area contributed by atoms with Gasteiger partial charge in [0.05, 0.1) is 0 Å². The van der Waals surface area contributed by atoms with Gasteiger partial charge in [-0.25, -0.2) is 0 Å². The molecule has 6 nitrogen and oxygen atoms in total. The van der Waals surface area contributed by atoms with Crippen LogP contribution in [-0.4, -0.2) is 46.1 Å². The second kappa shape index (κ2) is 8.65. The van der Waals surface area contributed by atoms with E-state index < -0.39 is 0 Å². The topological polar surface area (TPSA) is 64.4 Å². The number of carbonyl (C=O) groups excluding carboxylic acids is 2. The zero-order valence-electron chi connectivity index (χ0n) is 15.1. The highest BCUT2D eigenvalue weighted by atomic mass is 16.5. The number of benzene rings is 1. The molecule has 0 spiro atoms. The lowest BCUT2D eigenvalue weighted by Crippen LogP contribution is -2.41. The van der Waals surface area contributed by atoms with Crippen LogP contribution < -0.4 is 4.74 Å². The van der Waals surface area contributed by atoms with Crippen LogP contribution in [0.1, 0.15) is 36.5 Å². The summed E-state index contributed by atoms with van der Waals surface area (Å²) in [5, 5.41) is 4.23. The maximum Gasteiger partial charge on any atom is 0.260 e. The summed E-state index contributed by atoms with van der Waals surface area (Å²) in [6.07, 6.45) is 6.94. The number of ether oxygens (including phenoxy) is 1. The SMILES string of the molecule is CC(=O)c1ccc(OCC(=O)N2CCC(CCn3cccn3)CC2)cc1. The molecule has 1 amide bonds. The Kier molecular flexibility index (Phi) is 6.04. The van der Waals surface area contributed by atoms with Crippen molar-refractivity contribution in [3.05, 3.63) is 48.3 Å². The molecule has 3 rings (SSSR count). The van der Waals surface area contributed by atoms with Crippen LogP contribution in [0.25, 0.3) is 0 Å². The number of amides is 1. The predicted octanol–water partition coefficient (Wildman–Crippen LogP) is 2.79. The Morgan fingerprint density at radius 2 is 1.92 bits per heavy atom. The van der Waals surface area contributed by atoms with Gasteiger partial charge in [0, 0.05) is 37.6 Å². The van der Waals surface area contributed by atoms with E-state index in [1.165, 1.54) is 6.92 Å². The number of aromatic nitrogens is 2. The van der Waals surface area contributed by atoms with Gasteiger partial charge in [-0.15, -0.1) is 0 Å². The molecule has 0 atom stereocenters. The van der Waals surface area contributed by atoms with Crippen molar-refractivity contribution >= 4 is 11.7 Å². The molecule has 0 bridgehead atoms. The molecule has 1 saturated heterocycles. The molecule has 1 fully saturated rings. The molecule has 1 aromatic heterocycles. The number of aryl methyl sites for hydroxylation is 1. The molecular weight excluding hydrogens is 330 g/mol. The van der Waals surface area contributed by atoms with Crippen molar-refractivity contribution in [2.24, 2.45) is 5.92 Å². The van der Waals surface area contributed by atoms with Crippen molar-refractivity contribution in [1.82, 2.24) is 14.7 Å². The van der Waals surface area contributed by atoms with E-state index in [0.717, 1.165) is 38.9 Å². The molecular formula is C20H25N3O3. The minimum atomic E-state index is 0.0167. The van der Waals surface area contributed by atoms with Crippen molar-refractivity contribution in [2.75, 3.05) is 19.7 Å². The molecule has 0 aliphatic carbocycles. The first-order chi connectivity index (χ1) is 12.6. The fourth-order valence-electron chi connectivity index (χ4n) is 3.24. The Balaban J connectivity index is 1.38. The summed E-state index contributed by atoms with van der Waals surface area (Å²) >= 11 is 0. The highest BCUT2D eigenvalue weighted by Gasteiger charge is 2.23. The van der Waals surface area contributed by atoms with E-state index in [4.69, 9.17) is 4.74 Å². The highest BCUT2D eigenvalue weighted by Crippen LogP contribution is 2.21. The fraction of sp³-hybridized carbons (Fsp3) is 0.450. The lowest BCUT2D eigenvalue weighted by molar-refractivity contribution is -0.134. The molecule has 26 heavy (non-hydrogen) atoms. The van der Waals surface area contributed by atoms with Crippen LogP contribution in [0.5, 0.6) is 5.75 Å². The molecule has 1 aliphatic heterocycles. The second-order valence-electron chi connectivity index (χ2n) is 6.75.